The van der Waals surface area contributed by atoms with Crippen molar-refractivity contribution in [2.45, 2.75) is 32.1 Å². The van der Waals surface area contributed by atoms with Crippen LogP contribution in [0.3, 0.4) is 0 Å². The molecule has 2 heteroatoms. The number of ketones is 1. The average molecular weight is 267 g/mol. The van der Waals surface area contributed by atoms with E-state index in [4.69, 9.17) is 0 Å². The Kier molecular flexibility index (Phi) is 1.55. The first-order valence-corrected chi connectivity index (χ1v) is 6.90. The van der Waals surface area contributed by atoms with Gasteiger partial charge in [-0.1, -0.05) is 6.08 Å². The van der Waals surface area contributed by atoms with Crippen LogP contribution >= 0.6 is 15.9 Å². The Morgan fingerprint density at radius 1 is 1.20 bits per heavy atom. The lowest BCUT2D eigenvalue weighted by Gasteiger charge is -2.58. The van der Waals surface area contributed by atoms with Crippen molar-refractivity contribution in [3.8, 4) is 0 Å². The zero-order valence-electron chi connectivity index (χ0n) is 8.71. The van der Waals surface area contributed by atoms with E-state index < -0.39 is 0 Å². The van der Waals surface area contributed by atoms with E-state index in [-0.39, 0.29) is 5.41 Å². The molecule has 0 saturated heterocycles. The molecule has 0 aromatic carbocycles. The maximum Gasteiger partial charge on any atom is 0.176 e. The summed E-state index contributed by atoms with van der Waals surface area (Å²) < 4.78 is 0.890. The number of allylic oxidation sites excluding steroid dienone is 2. The van der Waals surface area contributed by atoms with Gasteiger partial charge >= 0.3 is 0 Å². The summed E-state index contributed by atoms with van der Waals surface area (Å²) in [6.45, 7) is 0. The second-order valence-electron chi connectivity index (χ2n) is 6.13. The maximum absolute atomic E-state index is 12.3. The van der Waals surface area contributed by atoms with Gasteiger partial charge in [-0.15, -0.1) is 0 Å². The second-order valence-corrected chi connectivity index (χ2v) is 6.99. The van der Waals surface area contributed by atoms with E-state index in [9.17, 15) is 4.79 Å². The highest BCUT2D eigenvalue weighted by Crippen LogP contribution is 2.66. The van der Waals surface area contributed by atoms with Gasteiger partial charge < -0.3 is 0 Å². The summed E-state index contributed by atoms with van der Waals surface area (Å²) in [5, 5.41) is 0. The normalized spacial score (nSPS) is 55.8. The molecule has 3 unspecified atom stereocenters. The molecule has 4 fully saturated rings. The smallest absolute Gasteiger partial charge is 0.176 e. The van der Waals surface area contributed by atoms with E-state index in [2.05, 4.69) is 22.0 Å². The summed E-state index contributed by atoms with van der Waals surface area (Å²) in [5.74, 6) is 3.60. The molecule has 0 radical (unpaired) electrons. The van der Waals surface area contributed by atoms with Gasteiger partial charge in [0.25, 0.3) is 0 Å². The van der Waals surface area contributed by atoms with Crippen LogP contribution in [0.1, 0.15) is 32.1 Å². The molecule has 15 heavy (non-hydrogen) atoms. The molecule has 3 atom stereocenters. The standard InChI is InChI=1S/C13H15BrO/c14-11-4-10-9-2-7-1-8(3-9)6-13(10,5-7)12(11)15/h4,7-10H,1-3,5-6H2. The minimum Gasteiger partial charge on any atom is -0.293 e. The third-order valence-electron chi connectivity index (χ3n) is 5.39. The third kappa shape index (κ3) is 0.932. The highest BCUT2D eigenvalue weighted by Gasteiger charge is 2.62. The lowest BCUT2D eigenvalue weighted by Crippen LogP contribution is -2.53. The van der Waals surface area contributed by atoms with Crippen molar-refractivity contribution in [1.29, 1.82) is 0 Å². The fraction of sp³-hybridized carbons (Fsp3) is 0.769. The Hall–Kier alpha value is -0.110. The number of hydrogen-bond donors (Lipinski definition) is 0. The van der Waals surface area contributed by atoms with Crippen molar-refractivity contribution < 1.29 is 4.79 Å². The van der Waals surface area contributed by atoms with Crippen LogP contribution in [0, 0.1) is 29.1 Å². The van der Waals surface area contributed by atoms with Crippen LogP contribution in [-0.4, -0.2) is 5.78 Å². The summed E-state index contributed by atoms with van der Waals surface area (Å²) in [5.41, 5.74) is 0.0631. The van der Waals surface area contributed by atoms with Crippen LogP contribution in [0.25, 0.3) is 0 Å². The molecule has 5 rings (SSSR count). The van der Waals surface area contributed by atoms with Crippen LogP contribution in [0.4, 0.5) is 0 Å². The Labute approximate surface area is 98.4 Å². The summed E-state index contributed by atoms with van der Waals surface area (Å²) in [6.07, 6.45) is 8.82. The molecule has 0 aliphatic heterocycles. The number of carbonyl (C=O) groups excluding carboxylic acids is 1. The zero-order chi connectivity index (χ0) is 10.2. The maximum atomic E-state index is 12.3. The van der Waals surface area contributed by atoms with Crippen LogP contribution in [0.2, 0.25) is 0 Å². The predicted octanol–water partition coefficient (Wildman–Crippen LogP) is 3.29. The first-order chi connectivity index (χ1) is 7.19. The third-order valence-corrected chi connectivity index (χ3v) is 6.01. The van der Waals surface area contributed by atoms with Gasteiger partial charge in [0.05, 0.1) is 4.48 Å². The van der Waals surface area contributed by atoms with E-state index in [0.29, 0.717) is 11.7 Å². The Morgan fingerprint density at radius 2 is 1.87 bits per heavy atom. The molecule has 0 N–H and O–H groups in total. The fourth-order valence-corrected chi connectivity index (χ4v) is 5.86. The first kappa shape index (κ1) is 8.98. The molecule has 0 amide bonds. The summed E-state index contributed by atoms with van der Waals surface area (Å²) >= 11 is 3.47. The quantitative estimate of drug-likeness (QED) is 0.658. The zero-order valence-corrected chi connectivity index (χ0v) is 10.3. The molecule has 5 aliphatic carbocycles. The van der Waals surface area contributed by atoms with E-state index >= 15 is 0 Å². The monoisotopic (exact) mass is 266 g/mol. The van der Waals surface area contributed by atoms with Crippen molar-refractivity contribution in [1.82, 2.24) is 0 Å². The van der Waals surface area contributed by atoms with Gasteiger partial charge in [-0.3, -0.25) is 4.79 Å². The highest BCUT2D eigenvalue weighted by atomic mass is 79.9. The minimum absolute atomic E-state index is 0.0631. The average Bonchev–Trinajstić information content (AvgIpc) is 2.42. The van der Waals surface area contributed by atoms with Gasteiger partial charge in [-0.25, -0.2) is 0 Å². The molecule has 0 aromatic heterocycles. The van der Waals surface area contributed by atoms with Gasteiger partial charge in [0.2, 0.25) is 0 Å². The lowest BCUT2D eigenvalue weighted by molar-refractivity contribution is -0.143. The first-order valence-electron chi connectivity index (χ1n) is 6.11. The summed E-state index contributed by atoms with van der Waals surface area (Å²) in [7, 11) is 0. The van der Waals surface area contributed by atoms with Crippen LogP contribution < -0.4 is 0 Å². The van der Waals surface area contributed by atoms with Crippen molar-refractivity contribution >= 4 is 21.7 Å². The Balaban J connectivity index is 1.86. The topological polar surface area (TPSA) is 17.1 Å². The molecule has 0 heterocycles. The molecular weight excluding hydrogens is 252 g/mol. The molecule has 1 nitrogen and oxygen atoms in total. The van der Waals surface area contributed by atoms with Gasteiger partial charge in [0, 0.05) is 5.41 Å². The van der Waals surface area contributed by atoms with Gasteiger partial charge in [-0.05, 0) is 71.7 Å². The van der Waals surface area contributed by atoms with Gasteiger partial charge in [0.15, 0.2) is 5.78 Å². The fourth-order valence-electron chi connectivity index (χ4n) is 5.18. The Morgan fingerprint density at radius 3 is 2.53 bits per heavy atom. The predicted molar refractivity (Wildman–Crippen MR) is 61.5 cm³/mol. The number of halogens is 1. The minimum atomic E-state index is 0.0631. The highest BCUT2D eigenvalue weighted by molar-refractivity contribution is 9.12. The second kappa shape index (κ2) is 2.58. The Bertz CT molecular complexity index is 370. The molecule has 0 aromatic rings. The van der Waals surface area contributed by atoms with Gasteiger partial charge in [0.1, 0.15) is 0 Å². The van der Waals surface area contributed by atoms with E-state index in [1.807, 2.05) is 0 Å². The van der Waals surface area contributed by atoms with Crippen LogP contribution in [0.5, 0.6) is 0 Å². The van der Waals surface area contributed by atoms with Crippen molar-refractivity contribution in [2.75, 3.05) is 0 Å². The molecule has 5 aliphatic rings. The molecular formula is C13H15BrO. The van der Waals surface area contributed by atoms with E-state index in [0.717, 1.165) is 22.2 Å². The molecule has 4 saturated carbocycles. The van der Waals surface area contributed by atoms with Crippen molar-refractivity contribution in [2.24, 2.45) is 29.1 Å². The summed E-state index contributed by atoms with van der Waals surface area (Å²) in [6, 6.07) is 0. The molecule has 4 bridgehead atoms. The lowest BCUT2D eigenvalue weighted by atomic mass is 9.45. The van der Waals surface area contributed by atoms with E-state index in [1.165, 1.54) is 32.1 Å². The number of rotatable bonds is 0. The van der Waals surface area contributed by atoms with E-state index in [1.54, 1.807) is 0 Å². The van der Waals surface area contributed by atoms with Gasteiger partial charge in [-0.2, -0.15) is 0 Å². The molecule has 80 valence electrons. The van der Waals surface area contributed by atoms with Crippen LogP contribution in [-0.2, 0) is 4.79 Å². The van der Waals surface area contributed by atoms with Crippen LogP contribution in [0.15, 0.2) is 10.6 Å². The number of hydrogen-bond acceptors (Lipinski definition) is 1. The number of Topliss-reactive ketones (excluding diaryl/α,β-unsaturated/α-hetero) is 1. The number of carbonyl (C=O) groups is 1. The largest absolute Gasteiger partial charge is 0.293 e. The van der Waals surface area contributed by atoms with Crippen molar-refractivity contribution in [3.63, 3.8) is 0 Å². The molecule has 1 spiro atoms. The van der Waals surface area contributed by atoms with Crippen molar-refractivity contribution in [3.05, 3.63) is 10.6 Å². The SMILES string of the molecule is O=C1C(Br)=CC2C3CC4CC(C3)CC12C4. The summed E-state index contributed by atoms with van der Waals surface area (Å²) in [4.78, 5) is 12.3.